The Morgan fingerprint density at radius 2 is 0.623 bits per heavy atom. The van der Waals surface area contributed by atoms with Crippen LogP contribution in [0.1, 0.15) is 0 Å². The van der Waals surface area contributed by atoms with E-state index in [1.165, 1.54) is 43.4 Å². The van der Waals surface area contributed by atoms with Crippen LogP contribution in [0.4, 0.5) is 0 Å². The predicted molar refractivity (Wildman–Crippen MR) is 285 cm³/mol. The molecule has 0 atom stereocenters. The molecule has 0 spiro atoms. The predicted octanol–water partition coefficient (Wildman–Crippen LogP) is 15.8. The van der Waals surface area contributed by atoms with Gasteiger partial charge in [0.25, 0.3) is 0 Å². The van der Waals surface area contributed by atoms with E-state index in [1.54, 1.807) is 0 Å². The second-order valence-electron chi connectivity index (χ2n) is 17.6. The van der Waals surface area contributed by atoms with E-state index in [0.717, 1.165) is 66.9 Å². The lowest BCUT2D eigenvalue weighted by Gasteiger charge is -2.17. The monoisotopic (exact) mass is 880 g/mol. The third-order valence-corrected chi connectivity index (χ3v) is 13.7. The second kappa shape index (κ2) is 15.6. The molecule has 322 valence electrons. The zero-order valence-electron chi connectivity index (χ0n) is 37.3. The van der Waals surface area contributed by atoms with E-state index in [9.17, 15) is 0 Å². The first kappa shape index (κ1) is 38.8. The Balaban J connectivity index is 1.04. The first-order valence-corrected chi connectivity index (χ1v) is 23.4. The van der Waals surface area contributed by atoms with E-state index in [2.05, 4.69) is 220 Å². The Morgan fingerprint density at radius 3 is 1.16 bits per heavy atom. The zero-order valence-corrected chi connectivity index (χ0v) is 37.3. The van der Waals surface area contributed by atoms with Gasteiger partial charge in [0.05, 0.1) is 38.8 Å². The van der Waals surface area contributed by atoms with Crippen LogP contribution in [0.15, 0.2) is 243 Å². The lowest BCUT2D eigenvalue weighted by molar-refractivity contribution is 1.07. The van der Waals surface area contributed by atoms with Crippen LogP contribution in [0.25, 0.3) is 128 Å². The fraction of sp³-hybridized carbons (Fsp3) is 0. The van der Waals surface area contributed by atoms with Gasteiger partial charge in [0.1, 0.15) is 0 Å². The summed E-state index contributed by atoms with van der Waals surface area (Å²) in [5.74, 6) is 1.86. The van der Waals surface area contributed by atoms with Gasteiger partial charge in [-0.15, -0.1) is 0 Å². The molecule has 0 saturated carbocycles. The van der Waals surface area contributed by atoms with Crippen LogP contribution in [-0.2, 0) is 0 Å². The van der Waals surface area contributed by atoms with Crippen LogP contribution in [0, 0.1) is 0 Å². The van der Waals surface area contributed by atoms with Gasteiger partial charge >= 0.3 is 0 Å². The SMILES string of the molecule is c1ccc(-c2nc(-c3ccccc3)nc(-c3ccc(-n4c5ccccc5c5ccccc54)c(-c4ccc5c6ccc(-n7c8ccccc8c8ccccc87)cc6n(-c6ccccc6)c5c4)c3)n2)cc1. The molecular weight excluding hydrogens is 841 g/mol. The van der Waals surface area contributed by atoms with Crippen LogP contribution < -0.4 is 0 Å². The van der Waals surface area contributed by atoms with E-state index >= 15 is 0 Å². The van der Waals surface area contributed by atoms with Crippen LogP contribution in [0.2, 0.25) is 0 Å². The number of fused-ring (bicyclic) bond motifs is 9. The molecule has 0 fully saturated rings. The van der Waals surface area contributed by atoms with E-state index < -0.39 is 0 Å². The van der Waals surface area contributed by atoms with Crippen molar-refractivity contribution >= 4 is 65.4 Å². The molecule has 4 aromatic heterocycles. The Labute approximate surface area is 397 Å². The Bertz CT molecular complexity index is 4130. The van der Waals surface area contributed by atoms with Crippen LogP contribution in [0.3, 0.4) is 0 Å². The number of hydrogen-bond acceptors (Lipinski definition) is 3. The number of hydrogen-bond donors (Lipinski definition) is 0. The van der Waals surface area contributed by atoms with E-state index in [4.69, 9.17) is 15.0 Å². The summed E-state index contributed by atoms with van der Waals surface area (Å²) in [5.41, 5.74) is 15.1. The molecule has 0 aliphatic rings. The minimum atomic E-state index is 0.606. The normalized spacial score (nSPS) is 11.8. The fourth-order valence-electron chi connectivity index (χ4n) is 10.6. The molecule has 69 heavy (non-hydrogen) atoms. The molecule has 4 heterocycles. The maximum absolute atomic E-state index is 5.19. The van der Waals surface area contributed by atoms with E-state index in [-0.39, 0.29) is 0 Å². The number of nitrogens with zero attached hydrogens (tertiary/aromatic N) is 6. The summed E-state index contributed by atoms with van der Waals surface area (Å²) in [5, 5.41) is 7.27. The minimum absolute atomic E-state index is 0.606. The highest BCUT2D eigenvalue weighted by atomic mass is 15.0. The average molecular weight is 881 g/mol. The number of aromatic nitrogens is 6. The van der Waals surface area contributed by atoms with Crippen molar-refractivity contribution in [1.29, 1.82) is 0 Å². The first-order valence-electron chi connectivity index (χ1n) is 23.4. The molecule has 10 aromatic carbocycles. The average Bonchev–Trinajstić information content (AvgIpc) is 4.06. The van der Waals surface area contributed by atoms with Gasteiger partial charge < -0.3 is 13.7 Å². The molecule has 0 N–H and O–H groups in total. The molecular formula is C63H40N6. The van der Waals surface area contributed by atoms with Gasteiger partial charge in [-0.1, -0.05) is 170 Å². The third-order valence-electron chi connectivity index (χ3n) is 13.7. The quantitative estimate of drug-likeness (QED) is 0.160. The Hall–Kier alpha value is -9.39. The van der Waals surface area contributed by atoms with Crippen LogP contribution >= 0.6 is 0 Å². The maximum atomic E-state index is 5.19. The maximum Gasteiger partial charge on any atom is 0.164 e. The van der Waals surface area contributed by atoms with Crippen LogP contribution in [0.5, 0.6) is 0 Å². The zero-order chi connectivity index (χ0) is 45.4. The molecule has 0 bridgehead atoms. The van der Waals surface area contributed by atoms with Gasteiger partial charge in [-0.05, 0) is 78.4 Å². The Kier molecular flexibility index (Phi) is 8.79. The molecule has 14 aromatic rings. The lowest BCUT2D eigenvalue weighted by atomic mass is 9.98. The van der Waals surface area contributed by atoms with Crippen molar-refractivity contribution in [3.05, 3.63) is 243 Å². The fourth-order valence-corrected chi connectivity index (χ4v) is 10.6. The van der Waals surface area contributed by atoms with Crippen molar-refractivity contribution in [1.82, 2.24) is 28.7 Å². The number of para-hydroxylation sites is 5. The highest BCUT2D eigenvalue weighted by Crippen LogP contribution is 2.42. The summed E-state index contributed by atoms with van der Waals surface area (Å²) < 4.78 is 7.25. The molecule has 0 saturated heterocycles. The van der Waals surface area contributed by atoms with Crippen molar-refractivity contribution < 1.29 is 0 Å². The molecule has 0 amide bonds. The van der Waals surface area contributed by atoms with E-state index in [0.29, 0.717) is 17.5 Å². The molecule has 14 rings (SSSR count). The number of benzene rings is 10. The molecule has 0 unspecified atom stereocenters. The molecule has 0 radical (unpaired) electrons. The van der Waals surface area contributed by atoms with Gasteiger partial charge in [-0.3, -0.25) is 0 Å². The summed E-state index contributed by atoms with van der Waals surface area (Å²) in [6.07, 6.45) is 0. The van der Waals surface area contributed by atoms with Gasteiger partial charge in [0.2, 0.25) is 0 Å². The van der Waals surface area contributed by atoms with Crippen molar-refractivity contribution in [3.63, 3.8) is 0 Å². The standard InChI is InChI=1S/C63H40N6/c1-4-18-41(19-5-1)61-64-62(42-20-6-2-7-21-42)66-63(65-61)44-33-37-58(69-56-30-16-12-26-49(56)50-27-13-17-31-57(50)69)53(38-44)43-32-35-51-52-36-34-46(40-60(52)67(59(51)39-43)45-22-8-3-9-23-45)68-54-28-14-10-24-47(54)48-25-11-15-29-55(48)68/h1-40H. The summed E-state index contributed by atoms with van der Waals surface area (Å²) >= 11 is 0. The van der Waals surface area contributed by atoms with Gasteiger partial charge in [0, 0.05) is 65.9 Å². The first-order chi connectivity index (χ1) is 34.2. The summed E-state index contributed by atoms with van der Waals surface area (Å²) in [6.45, 7) is 0. The Morgan fingerprint density at radius 1 is 0.232 bits per heavy atom. The highest BCUT2D eigenvalue weighted by molar-refractivity contribution is 6.13. The summed E-state index contributed by atoms with van der Waals surface area (Å²) in [4.78, 5) is 15.4. The van der Waals surface area contributed by atoms with Crippen LogP contribution in [-0.4, -0.2) is 28.7 Å². The van der Waals surface area contributed by atoms with Gasteiger partial charge in [-0.2, -0.15) is 0 Å². The minimum Gasteiger partial charge on any atom is -0.309 e. The highest BCUT2D eigenvalue weighted by Gasteiger charge is 2.22. The molecule has 0 aliphatic carbocycles. The van der Waals surface area contributed by atoms with Gasteiger partial charge in [0.15, 0.2) is 17.5 Å². The number of rotatable bonds is 7. The summed E-state index contributed by atoms with van der Waals surface area (Å²) in [7, 11) is 0. The smallest absolute Gasteiger partial charge is 0.164 e. The van der Waals surface area contributed by atoms with Gasteiger partial charge in [-0.25, -0.2) is 15.0 Å². The molecule has 0 aliphatic heterocycles. The van der Waals surface area contributed by atoms with Crippen molar-refractivity contribution in [2.24, 2.45) is 0 Å². The molecule has 6 nitrogen and oxygen atoms in total. The lowest BCUT2D eigenvalue weighted by Crippen LogP contribution is -2.02. The van der Waals surface area contributed by atoms with Crippen molar-refractivity contribution in [3.8, 4) is 62.4 Å². The van der Waals surface area contributed by atoms with E-state index in [1.807, 2.05) is 36.4 Å². The van der Waals surface area contributed by atoms with Crippen molar-refractivity contribution in [2.45, 2.75) is 0 Å². The largest absolute Gasteiger partial charge is 0.309 e. The summed E-state index contributed by atoms with van der Waals surface area (Å²) in [6, 6.07) is 86.5. The second-order valence-corrected chi connectivity index (χ2v) is 17.6. The van der Waals surface area contributed by atoms with Crippen molar-refractivity contribution in [2.75, 3.05) is 0 Å². The third kappa shape index (κ3) is 6.23. The topological polar surface area (TPSA) is 53.5 Å². The molecule has 6 heteroatoms.